The highest BCUT2D eigenvalue weighted by atomic mass is 127. The Kier molecular flexibility index (Phi) is 11.5. The third kappa shape index (κ3) is 9.43. The maximum absolute atomic E-state index is 10.8. The molecule has 5 nitrogen and oxygen atoms in total. The van der Waals surface area contributed by atoms with Crippen LogP contribution in [0.3, 0.4) is 0 Å². The summed E-state index contributed by atoms with van der Waals surface area (Å²) < 4.78 is 0. The van der Waals surface area contributed by atoms with E-state index in [1.165, 1.54) is 18.1 Å². The number of aliphatic imine (C=N–C) groups is 1. The van der Waals surface area contributed by atoms with Gasteiger partial charge in [-0.25, -0.2) is 0 Å². The van der Waals surface area contributed by atoms with Gasteiger partial charge in [0.1, 0.15) is 0 Å². The molecule has 0 aliphatic rings. The van der Waals surface area contributed by atoms with E-state index in [4.69, 9.17) is 0 Å². The molecular weight excluding hydrogens is 403 g/mol. The Morgan fingerprint density at radius 1 is 1.22 bits per heavy atom. The van der Waals surface area contributed by atoms with Crippen molar-refractivity contribution in [2.45, 2.75) is 33.6 Å². The maximum atomic E-state index is 10.8. The minimum atomic E-state index is -0.0168. The van der Waals surface area contributed by atoms with Crippen molar-refractivity contribution in [3.63, 3.8) is 0 Å². The van der Waals surface area contributed by atoms with Crippen LogP contribution in [0.2, 0.25) is 0 Å². The van der Waals surface area contributed by atoms with E-state index in [0.29, 0.717) is 19.0 Å². The summed E-state index contributed by atoms with van der Waals surface area (Å²) in [5.41, 5.74) is 2.58. The zero-order valence-corrected chi connectivity index (χ0v) is 16.8. The van der Waals surface area contributed by atoms with Crippen LogP contribution < -0.4 is 16.0 Å². The van der Waals surface area contributed by atoms with Crippen molar-refractivity contribution >= 4 is 35.8 Å². The Labute approximate surface area is 156 Å². The maximum Gasteiger partial charge on any atom is 0.216 e. The van der Waals surface area contributed by atoms with Crippen LogP contribution in [0.15, 0.2) is 29.3 Å². The number of carbonyl (C=O) groups excluding carboxylic acids is 1. The number of nitrogens with zero attached hydrogens (tertiary/aromatic N) is 1. The second-order valence-corrected chi connectivity index (χ2v) is 5.44. The van der Waals surface area contributed by atoms with Crippen LogP contribution in [0.25, 0.3) is 0 Å². The van der Waals surface area contributed by atoms with Crippen LogP contribution in [0, 0.1) is 6.92 Å². The highest BCUT2D eigenvalue weighted by molar-refractivity contribution is 14.0. The molecule has 130 valence electrons. The first kappa shape index (κ1) is 21.7. The van der Waals surface area contributed by atoms with Crippen molar-refractivity contribution in [3.05, 3.63) is 35.4 Å². The first-order chi connectivity index (χ1) is 10.5. The Morgan fingerprint density at radius 2 is 1.91 bits per heavy atom. The number of hydrogen-bond acceptors (Lipinski definition) is 2. The molecule has 1 aromatic rings. The monoisotopic (exact) mass is 432 g/mol. The van der Waals surface area contributed by atoms with Gasteiger partial charge in [-0.05, 0) is 19.4 Å². The Balaban J connectivity index is 0.00000484. The van der Waals surface area contributed by atoms with Crippen molar-refractivity contribution in [2.75, 3.05) is 26.2 Å². The topological polar surface area (TPSA) is 65.5 Å². The molecule has 1 amide bonds. The van der Waals surface area contributed by atoms with Gasteiger partial charge in [0.15, 0.2) is 5.96 Å². The van der Waals surface area contributed by atoms with Crippen LogP contribution in [0.4, 0.5) is 0 Å². The lowest BCUT2D eigenvalue weighted by Crippen LogP contribution is -2.41. The van der Waals surface area contributed by atoms with Gasteiger partial charge in [0, 0.05) is 39.0 Å². The van der Waals surface area contributed by atoms with Crippen LogP contribution in [0.1, 0.15) is 37.8 Å². The van der Waals surface area contributed by atoms with Gasteiger partial charge in [0.2, 0.25) is 5.91 Å². The number of nitrogens with one attached hydrogen (secondary N) is 3. The molecule has 0 aliphatic heterocycles. The first-order valence-corrected chi connectivity index (χ1v) is 7.86. The molecule has 0 spiro atoms. The van der Waals surface area contributed by atoms with Crippen LogP contribution >= 0.6 is 24.0 Å². The summed E-state index contributed by atoms with van der Waals surface area (Å²) in [6.07, 6.45) is 0. The summed E-state index contributed by atoms with van der Waals surface area (Å²) in [6, 6.07) is 8.54. The average Bonchev–Trinajstić information content (AvgIpc) is 2.48. The number of aryl methyl sites for hydroxylation is 1. The average molecular weight is 432 g/mol. The van der Waals surface area contributed by atoms with Crippen molar-refractivity contribution < 1.29 is 4.79 Å². The van der Waals surface area contributed by atoms with E-state index in [9.17, 15) is 4.79 Å². The minimum Gasteiger partial charge on any atom is -0.357 e. The lowest BCUT2D eigenvalue weighted by atomic mass is 10.00. The molecule has 0 aliphatic carbocycles. The number of guanidine groups is 1. The molecule has 3 N–H and O–H groups in total. The van der Waals surface area contributed by atoms with Gasteiger partial charge >= 0.3 is 0 Å². The molecule has 0 saturated carbocycles. The predicted octanol–water partition coefficient (Wildman–Crippen LogP) is 2.41. The number of benzene rings is 1. The van der Waals surface area contributed by atoms with Gasteiger partial charge in [-0.2, -0.15) is 0 Å². The molecular formula is C17H29IN4O. The number of hydrogen-bond donors (Lipinski definition) is 3. The second-order valence-electron chi connectivity index (χ2n) is 5.44. The zero-order valence-electron chi connectivity index (χ0n) is 14.5. The smallest absolute Gasteiger partial charge is 0.216 e. The summed E-state index contributed by atoms with van der Waals surface area (Å²) in [5, 5.41) is 9.19. The van der Waals surface area contributed by atoms with Gasteiger partial charge in [-0.1, -0.05) is 36.8 Å². The lowest BCUT2D eigenvalue weighted by molar-refractivity contribution is -0.118. The minimum absolute atomic E-state index is 0. The summed E-state index contributed by atoms with van der Waals surface area (Å²) in [4.78, 5) is 15.4. The third-order valence-electron chi connectivity index (χ3n) is 3.27. The molecule has 0 bridgehead atoms. The van der Waals surface area contributed by atoms with Gasteiger partial charge in [0.25, 0.3) is 0 Å². The second kappa shape index (κ2) is 12.2. The lowest BCUT2D eigenvalue weighted by Gasteiger charge is -2.14. The fraction of sp³-hybridized carbons (Fsp3) is 0.529. The van der Waals surface area contributed by atoms with Gasteiger partial charge < -0.3 is 16.0 Å². The van der Waals surface area contributed by atoms with Crippen LogP contribution in [0.5, 0.6) is 0 Å². The summed E-state index contributed by atoms with van der Waals surface area (Å²) in [7, 11) is 0. The van der Waals surface area contributed by atoms with E-state index in [1.807, 2.05) is 6.92 Å². The number of rotatable bonds is 7. The summed E-state index contributed by atoms with van der Waals surface area (Å²) in [6.45, 7) is 10.6. The van der Waals surface area contributed by atoms with Crippen molar-refractivity contribution in [1.82, 2.24) is 16.0 Å². The third-order valence-corrected chi connectivity index (χ3v) is 3.27. The Morgan fingerprint density at radius 3 is 2.52 bits per heavy atom. The van der Waals surface area contributed by atoms with Gasteiger partial charge in [-0.15, -0.1) is 24.0 Å². The number of carbonyl (C=O) groups is 1. The molecule has 0 heterocycles. The number of halogens is 1. The molecule has 1 unspecified atom stereocenters. The fourth-order valence-electron chi connectivity index (χ4n) is 2.07. The van der Waals surface area contributed by atoms with E-state index >= 15 is 0 Å². The van der Waals surface area contributed by atoms with Crippen LogP contribution in [-0.2, 0) is 4.79 Å². The van der Waals surface area contributed by atoms with Crippen molar-refractivity contribution in [1.29, 1.82) is 0 Å². The molecule has 0 aromatic heterocycles. The molecule has 0 radical (unpaired) electrons. The highest BCUT2D eigenvalue weighted by Gasteiger charge is 2.05. The molecule has 0 fully saturated rings. The Hall–Kier alpha value is -1.31. The molecule has 6 heteroatoms. The Bertz CT molecular complexity index is 505. The van der Waals surface area contributed by atoms with Gasteiger partial charge in [0.05, 0.1) is 0 Å². The predicted molar refractivity (Wildman–Crippen MR) is 108 cm³/mol. The molecule has 1 atom stereocenters. The summed E-state index contributed by atoms with van der Waals surface area (Å²) >= 11 is 0. The first-order valence-electron chi connectivity index (χ1n) is 7.86. The van der Waals surface area contributed by atoms with Crippen molar-refractivity contribution in [3.8, 4) is 0 Å². The van der Waals surface area contributed by atoms with E-state index in [2.05, 4.69) is 59.1 Å². The summed E-state index contributed by atoms with van der Waals surface area (Å²) in [5.74, 6) is 1.13. The molecule has 1 aromatic carbocycles. The van der Waals surface area contributed by atoms with E-state index in [1.54, 1.807) is 0 Å². The SMILES string of the molecule is CCNC(=NCC(C)c1cccc(C)c1)NCCNC(C)=O.I. The molecule has 23 heavy (non-hydrogen) atoms. The van der Waals surface area contributed by atoms with Crippen molar-refractivity contribution in [2.24, 2.45) is 4.99 Å². The number of amides is 1. The molecule has 0 saturated heterocycles. The highest BCUT2D eigenvalue weighted by Crippen LogP contribution is 2.16. The molecule has 1 rings (SSSR count). The normalized spacial score (nSPS) is 12.1. The zero-order chi connectivity index (χ0) is 16.4. The van der Waals surface area contributed by atoms with Crippen LogP contribution in [-0.4, -0.2) is 38.0 Å². The van der Waals surface area contributed by atoms with Gasteiger partial charge in [-0.3, -0.25) is 9.79 Å². The van der Waals surface area contributed by atoms with E-state index in [0.717, 1.165) is 19.0 Å². The standard InChI is InChI=1S/C17H28N4O.HI/c1-5-18-17(20-10-9-19-15(4)22)21-12-14(3)16-8-6-7-13(2)11-16;/h6-8,11,14H,5,9-10,12H2,1-4H3,(H,19,22)(H2,18,20,21);1H. The van der Waals surface area contributed by atoms with E-state index < -0.39 is 0 Å². The fourth-order valence-corrected chi connectivity index (χ4v) is 2.07. The largest absolute Gasteiger partial charge is 0.357 e. The van der Waals surface area contributed by atoms with E-state index in [-0.39, 0.29) is 29.9 Å². The quantitative estimate of drug-likeness (QED) is 0.268.